The van der Waals surface area contributed by atoms with Gasteiger partial charge in [0.2, 0.25) is 0 Å². The molecule has 0 spiro atoms. The SMILES string of the molecule is Cn1c(-c2ccccc2)c[n+]2ccccc12.[O-][Cl+](O)(O)O. The minimum absolute atomic E-state index is 1.20. The summed E-state index contributed by atoms with van der Waals surface area (Å²) < 4.78 is 34.6. The molecule has 21 heavy (non-hydrogen) atoms. The maximum atomic E-state index is 8.83. The Labute approximate surface area is 123 Å². The number of imidazole rings is 1. The van der Waals surface area contributed by atoms with Crippen LogP contribution in [0.25, 0.3) is 16.9 Å². The number of pyridine rings is 1. The van der Waals surface area contributed by atoms with Gasteiger partial charge in [0.15, 0.2) is 5.69 Å². The second-order valence-electron chi connectivity index (χ2n) is 4.34. The molecule has 2 heterocycles. The molecule has 0 atom stereocenters. The Morgan fingerprint density at radius 3 is 2.14 bits per heavy atom. The van der Waals surface area contributed by atoms with Gasteiger partial charge in [0.25, 0.3) is 5.65 Å². The monoisotopic (exact) mass is 311 g/mol. The van der Waals surface area contributed by atoms with Crippen molar-refractivity contribution in [2.24, 2.45) is 7.05 Å². The van der Waals surface area contributed by atoms with E-state index in [0.717, 1.165) is 0 Å². The van der Waals surface area contributed by atoms with Gasteiger partial charge in [-0.2, -0.15) is 0 Å². The molecule has 0 aliphatic rings. The summed E-state index contributed by atoms with van der Waals surface area (Å²) in [4.78, 5) is 0. The van der Waals surface area contributed by atoms with Crippen LogP contribution in [0, 0.1) is 10.2 Å². The van der Waals surface area contributed by atoms with Gasteiger partial charge in [-0.3, -0.25) is 0 Å². The van der Waals surface area contributed by atoms with Crippen molar-refractivity contribution in [1.29, 1.82) is 0 Å². The van der Waals surface area contributed by atoms with Gasteiger partial charge in [0.1, 0.15) is 6.20 Å². The first-order chi connectivity index (χ1) is 9.86. The third-order valence-corrected chi connectivity index (χ3v) is 2.90. The Kier molecular flexibility index (Phi) is 4.56. The van der Waals surface area contributed by atoms with Crippen molar-refractivity contribution in [3.63, 3.8) is 0 Å². The summed E-state index contributed by atoms with van der Waals surface area (Å²) in [5.74, 6) is 0. The molecular weight excluding hydrogens is 296 g/mol. The van der Waals surface area contributed by atoms with Crippen LogP contribution in [0.4, 0.5) is 0 Å². The zero-order valence-corrected chi connectivity index (χ0v) is 12.1. The summed E-state index contributed by atoms with van der Waals surface area (Å²) in [7, 11) is -2.10. The van der Waals surface area contributed by atoms with E-state index >= 15 is 0 Å². The Hall–Kier alpha value is -1.96. The first-order valence-electron chi connectivity index (χ1n) is 6.03. The molecule has 0 aliphatic carbocycles. The summed E-state index contributed by atoms with van der Waals surface area (Å²) in [6, 6.07) is 16.7. The van der Waals surface area contributed by atoms with Gasteiger partial charge in [0, 0.05) is 11.6 Å². The zero-order chi connectivity index (χ0) is 15.5. The van der Waals surface area contributed by atoms with Crippen molar-refractivity contribution in [3.05, 3.63) is 60.9 Å². The average molecular weight is 312 g/mol. The molecule has 1 aromatic carbocycles. The molecule has 0 bridgehead atoms. The summed E-state index contributed by atoms with van der Waals surface area (Å²) in [6.07, 6.45) is 4.23. The molecule has 3 N–H and O–H groups in total. The Bertz CT molecular complexity index is 717. The number of aromatic nitrogens is 2. The first-order valence-corrected chi connectivity index (χ1v) is 7.36. The normalized spacial score (nSPS) is 11.9. The topological polar surface area (TPSA) is 92.8 Å². The Morgan fingerprint density at radius 1 is 1.00 bits per heavy atom. The summed E-state index contributed by atoms with van der Waals surface area (Å²) >= 11 is 0. The fourth-order valence-electron chi connectivity index (χ4n) is 2.06. The number of aryl methyl sites for hydroxylation is 1. The van der Waals surface area contributed by atoms with Crippen LogP contribution in [-0.4, -0.2) is 18.5 Å². The molecule has 112 valence electrons. The summed E-state index contributed by atoms with van der Waals surface area (Å²) in [6.45, 7) is 0. The zero-order valence-electron chi connectivity index (χ0n) is 11.3. The van der Waals surface area contributed by atoms with E-state index in [2.05, 4.69) is 64.8 Å². The molecule has 0 unspecified atom stereocenters. The molecular formula is C14H16ClN2O4+. The minimum atomic E-state index is -4.19. The second kappa shape index (κ2) is 6.21. The molecule has 3 aromatic rings. The molecule has 7 heteroatoms. The van der Waals surface area contributed by atoms with Crippen molar-refractivity contribution in [1.82, 2.24) is 4.57 Å². The van der Waals surface area contributed by atoms with E-state index in [1.807, 2.05) is 12.1 Å². The van der Waals surface area contributed by atoms with Crippen LogP contribution in [-0.2, 0) is 7.05 Å². The van der Waals surface area contributed by atoms with E-state index in [-0.39, 0.29) is 0 Å². The van der Waals surface area contributed by atoms with Crippen LogP contribution in [0.5, 0.6) is 0 Å². The summed E-state index contributed by atoms with van der Waals surface area (Å²) in [5.41, 5.74) is 3.67. The Morgan fingerprint density at radius 2 is 1.57 bits per heavy atom. The van der Waals surface area contributed by atoms with Crippen molar-refractivity contribution in [2.45, 2.75) is 0 Å². The molecule has 3 rings (SSSR count). The predicted molar refractivity (Wildman–Crippen MR) is 70.7 cm³/mol. The van der Waals surface area contributed by atoms with Crippen molar-refractivity contribution < 1.29 is 33.3 Å². The number of rotatable bonds is 1. The molecule has 0 amide bonds. The van der Waals surface area contributed by atoms with Crippen molar-refractivity contribution in [3.8, 4) is 11.3 Å². The van der Waals surface area contributed by atoms with Crippen LogP contribution < -0.4 is 9.06 Å². The third kappa shape index (κ3) is 4.25. The fourth-order valence-corrected chi connectivity index (χ4v) is 2.06. The number of fused-ring (bicyclic) bond motifs is 1. The molecule has 0 saturated carbocycles. The van der Waals surface area contributed by atoms with Crippen LogP contribution in [0.15, 0.2) is 60.9 Å². The molecule has 0 fully saturated rings. The van der Waals surface area contributed by atoms with Gasteiger partial charge in [-0.05, 0) is 6.07 Å². The average Bonchev–Trinajstić information content (AvgIpc) is 2.76. The van der Waals surface area contributed by atoms with E-state index in [9.17, 15) is 0 Å². The van der Waals surface area contributed by atoms with Crippen molar-refractivity contribution >= 4 is 5.65 Å². The van der Waals surface area contributed by atoms with Crippen LogP contribution in [0.2, 0.25) is 0 Å². The molecule has 0 radical (unpaired) electrons. The van der Waals surface area contributed by atoms with Crippen LogP contribution in [0.1, 0.15) is 0 Å². The van der Waals surface area contributed by atoms with Gasteiger partial charge in [-0.15, -0.1) is 0 Å². The standard InChI is InChI=1S/C14H13N2.ClH3O4/c1-15-13(12-7-3-2-4-8-12)11-16-10-6-5-9-14(15)16;2-1(3,4)5/h2-11H,1H3;2-4H/q+1;. The number of halogens is 1. The van der Waals surface area contributed by atoms with E-state index in [4.69, 9.17) is 18.6 Å². The predicted octanol–water partition coefficient (Wildman–Crippen LogP) is -0.429. The maximum absolute atomic E-state index is 8.83. The summed E-state index contributed by atoms with van der Waals surface area (Å²) in [5, 5.41) is 0. The fraction of sp³-hybridized carbons (Fsp3) is 0.0714. The van der Waals surface area contributed by atoms with Gasteiger partial charge >= 0.3 is 28.9 Å². The van der Waals surface area contributed by atoms with Gasteiger partial charge in [-0.1, -0.05) is 36.4 Å². The molecule has 6 nitrogen and oxygen atoms in total. The van der Waals surface area contributed by atoms with Gasteiger partial charge in [-0.25, -0.2) is 8.97 Å². The molecule has 2 aromatic heterocycles. The van der Waals surface area contributed by atoms with Gasteiger partial charge < -0.3 is 0 Å². The van der Waals surface area contributed by atoms with Crippen LogP contribution in [0.3, 0.4) is 0 Å². The van der Waals surface area contributed by atoms with Gasteiger partial charge in [0.05, 0.1) is 13.2 Å². The van der Waals surface area contributed by atoms with E-state index < -0.39 is 10.2 Å². The van der Waals surface area contributed by atoms with E-state index in [0.29, 0.717) is 0 Å². The number of hydrogen-bond acceptors (Lipinski definition) is 4. The second-order valence-corrected chi connectivity index (χ2v) is 5.21. The number of hydrogen-bond donors (Lipinski definition) is 3. The number of nitrogens with zero attached hydrogens (tertiary/aromatic N) is 2. The first kappa shape index (κ1) is 15.4. The van der Waals surface area contributed by atoms with E-state index in [1.165, 1.54) is 16.9 Å². The third-order valence-electron chi connectivity index (χ3n) is 2.90. The number of benzene rings is 1. The Balaban J connectivity index is 0.000000282. The van der Waals surface area contributed by atoms with Crippen molar-refractivity contribution in [2.75, 3.05) is 0 Å². The molecule has 0 saturated heterocycles. The quantitative estimate of drug-likeness (QED) is 0.532. The van der Waals surface area contributed by atoms with Crippen LogP contribution >= 0.6 is 0 Å². The van der Waals surface area contributed by atoms with E-state index in [1.54, 1.807) is 0 Å². The molecule has 0 aliphatic heterocycles.